The van der Waals surface area contributed by atoms with E-state index in [1.165, 1.54) is 17.7 Å². The number of ether oxygens (including phenoxy) is 1. The number of furan rings is 1. The summed E-state index contributed by atoms with van der Waals surface area (Å²) in [6.45, 7) is 4.60. The Kier molecular flexibility index (Phi) is 6.18. The predicted molar refractivity (Wildman–Crippen MR) is 147 cm³/mol. The fourth-order valence-corrected chi connectivity index (χ4v) is 5.77. The van der Waals surface area contributed by atoms with E-state index in [0.717, 1.165) is 27.1 Å². The van der Waals surface area contributed by atoms with Gasteiger partial charge >= 0.3 is 6.09 Å². The van der Waals surface area contributed by atoms with Crippen molar-refractivity contribution in [2.45, 2.75) is 38.6 Å². The molecule has 0 radical (unpaired) electrons. The number of hydrogen-bond donors (Lipinski definition) is 1. The van der Waals surface area contributed by atoms with Gasteiger partial charge in [0.15, 0.2) is 5.78 Å². The molecule has 196 valence electrons. The lowest BCUT2D eigenvalue weighted by Gasteiger charge is -2.34. The third-order valence-corrected chi connectivity index (χ3v) is 7.67. The van der Waals surface area contributed by atoms with Crippen molar-refractivity contribution in [3.05, 3.63) is 112 Å². The molecule has 6 heteroatoms. The van der Waals surface area contributed by atoms with Crippen LogP contribution in [0.4, 0.5) is 9.18 Å². The van der Waals surface area contributed by atoms with Crippen LogP contribution in [0.2, 0.25) is 0 Å². The van der Waals surface area contributed by atoms with Crippen molar-refractivity contribution in [2.75, 3.05) is 0 Å². The molecule has 1 aromatic heterocycles. The number of carbonyl (C=O) groups is 2. The molecule has 1 atom stereocenters. The van der Waals surface area contributed by atoms with Gasteiger partial charge < -0.3 is 14.5 Å². The number of rotatable bonds is 5. The van der Waals surface area contributed by atoms with Gasteiger partial charge in [-0.05, 0) is 99.5 Å². The van der Waals surface area contributed by atoms with Crippen LogP contribution in [0.25, 0.3) is 23.3 Å². The summed E-state index contributed by atoms with van der Waals surface area (Å²) >= 11 is 0. The highest BCUT2D eigenvalue weighted by molar-refractivity contribution is 6.01. The largest absolute Gasteiger partial charge is 0.467 e. The van der Waals surface area contributed by atoms with Gasteiger partial charge in [0, 0.05) is 11.5 Å². The van der Waals surface area contributed by atoms with E-state index in [9.17, 15) is 14.0 Å². The Bertz CT molecular complexity index is 1700. The van der Waals surface area contributed by atoms with E-state index in [4.69, 9.17) is 9.15 Å². The maximum atomic E-state index is 13.4. The number of fused-ring (bicyclic) bond motifs is 5. The van der Waals surface area contributed by atoms with Gasteiger partial charge in [0.1, 0.15) is 17.3 Å². The van der Waals surface area contributed by atoms with Gasteiger partial charge in [0.05, 0.1) is 12.8 Å². The summed E-state index contributed by atoms with van der Waals surface area (Å²) in [5, 5.41) is 4.90. The molecule has 3 aromatic carbocycles. The third kappa shape index (κ3) is 4.78. The normalized spacial score (nSPS) is 16.5. The number of halogens is 1. The van der Waals surface area contributed by atoms with E-state index in [-0.39, 0.29) is 29.5 Å². The van der Waals surface area contributed by atoms with Crippen LogP contribution in [0.5, 0.6) is 5.75 Å². The Morgan fingerprint density at radius 2 is 1.82 bits per heavy atom. The Hall–Kier alpha value is -4.45. The summed E-state index contributed by atoms with van der Waals surface area (Å²) in [6, 6.07) is 19.3. The van der Waals surface area contributed by atoms with Gasteiger partial charge in [-0.25, -0.2) is 9.18 Å². The maximum Gasteiger partial charge on any atom is 0.412 e. The highest BCUT2D eigenvalue weighted by Gasteiger charge is 2.34. The van der Waals surface area contributed by atoms with Crippen molar-refractivity contribution < 1.29 is 23.1 Å². The third-order valence-electron chi connectivity index (χ3n) is 7.67. The van der Waals surface area contributed by atoms with Gasteiger partial charge in [-0.1, -0.05) is 44.2 Å². The zero-order valence-corrected chi connectivity index (χ0v) is 21.8. The molecule has 5 nitrogen and oxygen atoms in total. The number of amides is 1. The Balaban J connectivity index is 1.30. The van der Waals surface area contributed by atoms with Crippen LogP contribution in [0.1, 0.15) is 47.5 Å². The molecule has 0 saturated heterocycles. The van der Waals surface area contributed by atoms with E-state index in [1.54, 1.807) is 36.6 Å². The van der Waals surface area contributed by atoms with E-state index < -0.39 is 6.09 Å². The minimum atomic E-state index is -0.547. The number of carbonyl (C=O) groups excluding carboxylic acids is 2. The Morgan fingerprint density at radius 3 is 2.59 bits per heavy atom. The van der Waals surface area contributed by atoms with Crippen molar-refractivity contribution in [1.82, 2.24) is 5.32 Å². The lowest BCUT2D eigenvalue weighted by molar-refractivity contribution is 0.0933. The quantitative estimate of drug-likeness (QED) is 0.344. The summed E-state index contributed by atoms with van der Waals surface area (Å²) < 4.78 is 24.2. The average molecular weight is 522 g/mol. The molecule has 0 saturated carbocycles. The second kappa shape index (κ2) is 9.70. The van der Waals surface area contributed by atoms with Crippen molar-refractivity contribution in [2.24, 2.45) is 5.92 Å². The first kappa shape index (κ1) is 24.9. The van der Waals surface area contributed by atoms with E-state index in [0.29, 0.717) is 29.9 Å². The minimum absolute atomic E-state index is 0.00894. The number of nitrogens with one attached hydrogen (secondary N) is 1. The second-order valence-corrected chi connectivity index (χ2v) is 10.8. The molecule has 1 unspecified atom stereocenters. The fraction of sp³-hybridized carbons (Fsp3) is 0.212. The molecule has 2 aliphatic rings. The molecule has 1 N–H and O–H groups in total. The molecule has 1 amide bonds. The zero-order valence-electron chi connectivity index (χ0n) is 21.8. The number of Topliss-reactive ketones (excluding diaryl/α,β-unsaturated/α-hetero) is 1. The molecule has 1 heterocycles. The maximum absolute atomic E-state index is 13.4. The molecular formula is C33H28FNO4. The number of benzene rings is 3. The van der Waals surface area contributed by atoms with Crippen LogP contribution in [-0.4, -0.2) is 11.9 Å². The highest BCUT2D eigenvalue weighted by Crippen LogP contribution is 2.35. The van der Waals surface area contributed by atoms with Crippen molar-refractivity contribution in [3.63, 3.8) is 0 Å². The van der Waals surface area contributed by atoms with Gasteiger partial charge in [0.25, 0.3) is 0 Å². The first-order valence-corrected chi connectivity index (χ1v) is 13.1. The van der Waals surface area contributed by atoms with Crippen LogP contribution in [-0.2, 0) is 18.4 Å². The van der Waals surface area contributed by atoms with Crippen molar-refractivity contribution in [3.8, 4) is 16.9 Å². The van der Waals surface area contributed by atoms with E-state index >= 15 is 0 Å². The predicted octanol–water partition coefficient (Wildman–Crippen LogP) is 5.67. The Morgan fingerprint density at radius 1 is 1.03 bits per heavy atom. The first-order chi connectivity index (χ1) is 18.8. The summed E-state index contributed by atoms with van der Waals surface area (Å²) in [4.78, 5) is 25.7. The summed E-state index contributed by atoms with van der Waals surface area (Å²) in [6.07, 6.45) is 6.65. The van der Waals surface area contributed by atoms with Crippen LogP contribution >= 0.6 is 0 Å². The molecule has 0 bridgehead atoms. The van der Waals surface area contributed by atoms with Crippen molar-refractivity contribution in [1.29, 1.82) is 0 Å². The first-order valence-electron chi connectivity index (χ1n) is 13.1. The summed E-state index contributed by atoms with van der Waals surface area (Å²) in [5.41, 5.74) is 4.78. The number of hydrogen-bond acceptors (Lipinski definition) is 4. The van der Waals surface area contributed by atoms with Crippen LogP contribution in [0.15, 0.2) is 77.4 Å². The molecule has 2 aliphatic carbocycles. The van der Waals surface area contributed by atoms with Crippen LogP contribution < -0.4 is 20.5 Å². The fourth-order valence-electron chi connectivity index (χ4n) is 5.77. The van der Waals surface area contributed by atoms with Gasteiger partial charge in [-0.2, -0.15) is 0 Å². The monoisotopic (exact) mass is 521 g/mol. The topological polar surface area (TPSA) is 68.5 Å². The van der Waals surface area contributed by atoms with Crippen LogP contribution in [0, 0.1) is 11.7 Å². The van der Waals surface area contributed by atoms with E-state index in [2.05, 4.69) is 43.4 Å². The van der Waals surface area contributed by atoms with Crippen molar-refractivity contribution >= 4 is 24.0 Å². The average Bonchev–Trinajstić information content (AvgIpc) is 3.45. The SMILES string of the molecule is CC1(C)CC(C(=O)c2ccc(F)cc2)C=c2c1ccc1c2=CCc2cc(OC(=O)NCc3ccco3)ccc2-1. The molecule has 4 aromatic rings. The lowest BCUT2D eigenvalue weighted by atomic mass is 9.69. The second-order valence-electron chi connectivity index (χ2n) is 10.8. The molecule has 6 rings (SSSR count). The lowest BCUT2D eigenvalue weighted by Crippen LogP contribution is -2.43. The van der Waals surface area contributed by atoms with Crippen LogP contribution in [0.3, 0.4) is 0 Å². The highest BCUT2D eigenvalue weighted by atomic mass is 19.1. The molecular weight excluding hydrogens is 493 g/mol. The molecule has 0 fully saturated rings. The Labute approximate surface area is 225 Å². The summed E-state index contributed by atoms with van der Waals surface area (Å²) in [7, 11) is 0. The summed E-state index contributed by atoms with van der Waals surface area (Å²) in [5.74, 6) is 0.478. The minimum Gasteiger partial charge on any atom is -0.467 e. The molecule has 0 aliphatic heterocycles. The smallest absolute Gasteiger partial charge is 0.412 e. The molecule has 39 heavy (non-hydrogen) atoms. The standard InChI is InChI=1S/C33H28FNO4/c1-33(2)18-22(31(36)20-5-8-23(34)9-6-20)17-29-28-11-7-21-16-24(10-12-26(21)27(28)13-14-30(29)33)39-32(37)35-19-25-4-3-15-38-25/h3-6,8-17,22H,7,18-19H2,1-2H3,(H,35,37). The number of ketones is 1. The molecule has 0 spiro atoms. The van der Waals surface area contributed by atoms with Gasteiger partial charge in [-0.3, -0.25) is 4.79 Å². The van der Waals surface area contributed by atoms with Gasteiger partial charge in [-0.15, -0.1) is 0 Å². The van der Waals surface area contributed by atoms with E-state index in [1.807, 2.05) is 12.1 Å². The zero-order chi connectivity index (χ0) is 27.1. The van der Waals surface area contributed by atoms with Gasteiger partial charge in [0.2, 0.25) is 0 Å².